The molecule has 18 heavy (non-hydrogen) atoms. The van der Waals surface area contributed by atoms with Crippen LogP contribution < -0.4 is 10.1 Å². The number of carbonyl (C=O) groups excluding carboxylic acids is 1. The maximum absolute atomic E-state index is 12.0. The SMILES string of the molecule is COc1cc(C)c(C)cc1CNC(=O)C(F)(F)F. The van der Waals surface area contributed by atoms with Gasteiger partial charge >= 0.3 is 12.1 Å². The van der Waals surface area contributed by atoms with E-state index in [0.29, 0.717) is 11.3 Å². The minimum atomic E-state index is -4.87. The van der Waals surface area contributed by atoms with Gasteiger partial charge in [-0.25, -0.2) is 0 Å². The van der Waals surface area contributed by atoms with Crippen molar-refractivity contribution in [1.82, 2.24) is 5.32 Å². The van der Waals surface area contributed by atoms with E-state index in [4.69, 9.17) is 4.74 Å². The van der Waals surface area contributed by atoms with Crippen LogP contribution in [0.4, 0.5) is 13.2 Å². The Labute approximate surface area is 103 Å². The molecule has 0 bridgehead atoms. The molecule has 0 aromatic heterocycles. The number of benzene rings is 1. The van der Waals surface area contributed by atoms with Crippen molar-refractivity contribution in [2.45, 2.75) is 26.6 Å². The lowest BCUT2D eigenvalue weighted by Gasteiger charge is -2.13. The van der Waals surface area contributed by atoms with Crippen LogP contribution in [0.5, 0.6) is 5.75 Å². The molecule has 1 aromatic carbocycles. The number of rotatable bonds is 3. The lowest BCUT2D eigenvalue weighted by Crippen LogP contribution is -2.36. The van der Waals surface area contributed by atoms with Gasteiger partial charge in [0.2, 0.25) is 0 Å². The molecule has 0 unspecified atom stereocenters. The van der Waals surface area contributed by atoms with Gasteiger partial charge in [0.15, 0.2) is 0 Å². The largest absolute Gasteiger partial charge is 0.496 e. The average molecular weight is 261 g/mol. The molecule has 1 N–H and O–H groups in total. The molecule has 0 atom stereocenters. The van der Waals surface area contributed by atoms with Crippen LogP contribution in [0.3, 0.4) is 0 Å². The highest BCUT2D eigenvalue weighted by molar-refractivity contribution is 5.81. The van der Waals surface area contributed by atoms with Gasteiger partial charge in [-0.2, -0.15) is 13.2 Å². The number of nitrogens with one attached hydrogen (secondary N) is 1. The molecule has 1 aromatic rings. The molecule has 1 rings (SSSR count). The van der Waals surface area contributed by atoms with Crippen LogP contribution in [-0.4, -0.2) is 19.2 Å². The van der Waals surface area contributed by atoms with E-state index in [0.717, 1.165) is 11.1 Å². The van der Waals surface area contributed by atoms with Gasteiger partial charge < -0.3 is 10.1 Å². The fraction of sp³-hybridized carbons (Fsp3) is 0.417. The van der Waals surface area contributed by atoms with Crippen molar-refractivity contribution >= 4 is 5.91 Å². The molecule has 0 aliphatic rings. The molecule has 0 aliphatic carbocycles. The summed E-state index contributed by atoms with van der Waals surface area (Å²) in [4.78, 5) is 10.7. The number of hydrogen-bond donors (Lipinski definition) is 1. The van der Waals surface area contributed by atoms with Crippen molar-refractivity contribution in [2.75, 3.05) is 7.11 Å². The average Bonchev–Trinajstić information content (AvgIpc) is 2.28. The van der Waals surface area contributed by atoms with Crippen molar-refractivity contribution < 1.29 is 22.7 Å². The molecule has 0 spiro atoms. The van der Waals surface area contributed by atoms with Crippen LogP contribution in [0.25, 0.3) is 0 Å². The van der Waals surface area contributed by atoms with Gasteiger partial charge in [0.1, 0.15) is 5.75 Å². The second kappa shape index (κ2) is 5.29. The van der Waals surface area contributed by atoms with E-state index < -0.39 is 12.1 Å². The van der Waals surface area contributed by atoms with Crippen molar-refractivity contribution in [3.8, 4) is 5.75 Å². The van der Waals surface area contributed by atoms with E-state index in [-0.39, 0.29) is 6.54 Å². The summed E-state index contributed by atoms with van der Waals surface area (Å²) < 4.78 is 41.2. The van der Waals surface area contributed by atoms with Crippen molar-refractivity contribution in [3.63, 3.8) is 0 Å². The van der Waals surface area contributed by atoms with Crippen molar-refractivity contribution in [3.05, 3.63) is 28.8 Å². The fourth-order valence-electron chi connectivity index (χ4n) is 1.45. The molecular weight excluding hydrogens is 247 g/mol. The number of alkyl halides is 3. The molecule has 0 fully saturated rings. The van der Waals surface area contributed by atoms with E-state index in [1.807, 2.05) is 19.2 Å². The third-order valence-electron chi connectivity index (χ3n) is 2.59. The Balaban J connectivity index is 2.85. The molecule has 3 nitrogen and oxygen atoms in total. The van der Waals surface area contributed by atoms with Gasteiger partial charge in [-0.15, -0.1) is 0 Å². The van der Waals surface area contributed by atoms with Crippen LogP contribution in [0.15, 0.2) is 12.1 Å². The second-order valence-electron chi connectivity index (χ2n) is 3.93. The van der Waals surface area contributed by atoms with Gasteiger partial charge in [-0.3, -0.25) is 4.79 Å². The molecule has 0 radical (unpaired) electrons. The number of amides is 1. The zero-order chi connectivity index (χ0) is 13.9. The Bertz CT molecular complexity index is 455. The zero-order valence-electron chi connectivity index (χ0n) is 10.3. The smallest absolute Gasteiger partial charge is 0.471 e. The van der Waals surface area contributed by atoms with E-state index in [9.17, 15) is 18.0 Å². The zero-order valence-corrected chi connectivity index (χ0v) is 10.3. The predicted octanol–water partition coefficient (Wildman–Crippen LogP) is 2.49. The van der Waals surface area contributed by atoms with Gasteiger partial charge in [0, 0.05) is 12.1 Å². The first-order valence-electron chi connectivity index (χ1n) is 5.25. The molecule has 100 valence electrons. The maximum Gasteiger partial charge on any atom is 0.471 e. The summed E-state index contributed by atoms with van der Waals surface area (Å²) in [6, 6.07) is 3.43. The van der Waals surface area contributed by atoms with Crippen LogP contribution in [0, 0.1) is 13.8 Å². The van der Waals surface area contributed by atoms with Crippen LogP contribution in [0.1, 0.15) is 16.7 Å². The van der Waals surface area contributed by atoms with E-state index in [2.05, 4.69) is 0 Å². The second-order valence-corrected chi connectivity index (χ2v) is 3.93. The van der Waals surface area contributed by atoms with Gasteiger partial charge in [-0.1, -0.05) is 6.07 Å². The number of halogens is 3. The summed E-state index contributed by atoms with van der Waals surface area (Å²) in [7, 11) is 1.43. The lowest BCUT2D eigenvalue weighted by molar-refractivity contribution is -0.173. The maximum atomic E-state index is 12.0. The summed E-state index contributed by atoms with van der Waals surface area (Å²) in [6.07, 6.45) is -4.87. The summed E-state index contributed by atoms with van der Waals surface area (Å²) in [5.41, 5.74) is 2.41. The summed E-state index contributed by atoms with van der Waals surface area (Å²) >= 11 is 0. The number of ether oxygens (including phenoxy) is 1. The predicted molar refractivity (Wildman–Crippen MR) is 60.4 cm³/mol. The standard InChI is InChI=1S/C12H14F3NO2/c1-7-4-9(10(18-3)5-8(7)2)6-16-11(17)12(13,14)15/h4-5H,6H2,1-3H3,(H,16,17). The Hall–Kier alpha value is -1.72. The quantitative estimate of drug-likeness (QED) is 0.907. The van der Waals surface area contributed by atoms with Crippen LogP contribution in [-0.2, 0) is 11.3 Å². The number of hydrogen-bond acceptors (Lipinski definition) is 2. The molecule has 0 saturated carbocycles. The highest BCUT2D eigenvalue weighted by atomic mass is 19.4. The van der Waals surface area contributed by atoms with Crippen molar-refractivity contribution in [1.29, 1.82) is 0 Å². The minimum Gasteiger partial charge on any atom is -0.496 e. The minimum absolute atomic E-state index is 0.220. The molecule has 0 saturated heterocycles. The van der Waals surface area contributed by atoms with Gasteiger partial charge in [0.25, 0.3) is 0 Å². The summed E-state index contributed by atoms with van der Waals surface area (Å²) in [6.45, 7) is 3.49. The monoisotopic (exact) mass is 261 g/mol. The highest BCUT2D eigenvalue weighted by Gasteiger charge is 2.38. The Morgan fingerprint density at radius 2 is 1.83 bits per heavy atom. The van der Waals surface area contributed by atoms with Gasteiger partial charge in [-0.05, 0) is 31.0 Å². The van der Waals surface area contributed by atoms with E-state index in [1.54, 1.807) is 12.1 Å². The Kier molecular flexibility index (Phi) is 4.21. The molecule has 1 amide bonds. The Morgan fingerprint density at radius 1 is 1.28 bits per heavy atom. The molecule has 0 heterocycles. The number of methoxy groups -OCH3 is 1. The lowest BCUT2D eigenvalue weighted by atomic mass is 10.0. The van der Waals surface area contributed by atoms with E-state index in [1.165, 1.54) is 7.11 Å². The third-order valence-corrected chi connectivity index (χ3v) is 2.59. The first-order valence-corrected chi connectivity index (χ1v) is 5.25. The number of aryl methyl sites for hydroxylation is 2. The third kappa shape index (κ3) is 3.38. The van der Waals surface area contributed by atoms with Gasteiger partial charge in [0.05, 0.1) is 7.11 Å². The summed E-state index contributed by atoms with van der Waals surface area (Å²) in [5, 5.41) is 1.82. The first-order chi connectivity index (χ1) is 8.25. The first kappa shape index (κ1) is 14.3. The normalized spacial score (nSPS) is 11.2. The van der Waals surface area contributed by atoms with Crippen LogP contribution in [0.2, 0.25) is 0 Å². The topological polar surface area (TPSA) is 38.3 Å². The fourth-order valence-corrected chi connectivity index (χ4v) is 1.45. The molecule has 6 heteroatoms. The van der Waals surface area contributed by atoms with E-state index >= 15 is 0 Å². The highest BCUT2D eigenvalue weighted by Crippen LogP contribution is 2.23. The summed E-state index contributed by atoms with van der Waals surface area (Å²) in [5.74, 6) is -1.50. The van der Waals surface area contributed by atoms with Crippen LogP contribution >= 0.6 is 0 Å². The number of carbonyl (C=O) groups is 1. The molecule has 0 aliphatic heterocycles. The molecular formula is C12H14F3NO2. The Morgan fingerprint density at radius 3 is 2.33 bits per heavy atom. The van der Waals surface area contributed by atoms with Crippen molar-refractivity contribution in [2.24, 2.45) is 0 Å².